The first kappa shape index (κ1) is 16.3. The summed E-state index contributed by atoms with van der Waals surface area (Å²) in [6, 6.07) is 3.84. The number of carbonyl (C=O) groups is 1. The molecular weight excluding hydrogens is 311 g/mol. The summed E-state index contributed by atoms with van der Waals surface area (Å²) < 4.78 is 18.4. The number of aromatic nitrogens is 3. The molecule has 1 saturated carbocycles. The highest BCUT2D eigenvalue weighted by molar-refractivity contribution is 5.95. The van der Waals surface area contributed by atoms with Gasteiger partial charge in [-0.05, 0) is 44.7 Å². The Bertz CT molecular complexity index is 700. The normalized spacial score (nSPS) is 20.4. The van der Waals surface area contributed by atoms with Crippen LogP contribution in [0.3, 0.4) is 0 Å². The molecule has 0 spiro atoms. The van der Waals surface area contributed by atoms with Gasteiger partial charge in [-0.15, -0.1) is 0 Å². The van der Waals surface area contributed by atoms with Crippen LogP contribution in [0.5, 0.6) is 6.01 Å². The lowest BCUT2D eigenvalue weighted by Crippen LogP contribution is -2.40. The maximum Gasteiger partial charge on any atom is 0.316 e. The number of ether oxygens (including phenoxy) is 1. The van der Waals surface area contributed by atoms with Gasteiger partial charge in [0.15, 0.2) is 5.82 Å². The number of hydrogen-bond acceptors (Lipinski definition) is 5. The summed E-state index contributed by atoms with van der Waals surface area (Å²) in [4.78, 5) is 24.0. The number of carbonyl (C=O) groups excluding carboxylic acids is 1. The van der Waals surface area contributed by atoms with E-state index in [1.807, 2.05) is 6.92 Å². The number of hydrogen-bond donors (Lipinski definition) is 1. The lowest BCUT2D eigenvalue weighted by Gasteiger charge is -2.28. The van der Waals surface area contributed by atoms with Crippen molar-refractivity contribution in [3.8, 4) is 6.01 Å². The standard InChI is InChI=1S/C17H19FN4O2/c1-11-15(3-2-8-19-11)16(23)22-13-4-6-14(7-5-13)24-17-20-9-12(18)10-21-17/h2-3,8-10,13-14H,4-7H2,1H3,(H,22,23). The number of amides is 1. The summed E-state index contributed by atoms with van der Waals surface area (Å²) in [6.45, 7) is 1.82. The maximum atomic E-state index is 12.8. The molecule has 0 atom stereocenters. The molecular formula is C17H19FN4O2. The molecule has 7 heteroatoms. The van der Waals surface area contributed by atoms with Gasteiger partial charge >= 0.3 is 6.01 Å². The van der Waals surface area contributed by atoms with Crippen molar-refractivity contribution < 1.29 is 13.9 Å². The Morgan fingerprint density at radius 3 is 2.58 bits per heavy atom. The monoisotopic (exact) mass is 330 g/mol. The molecule has 0 bridgehead atoms. The highest BCUT2D eigenvalue weighted by Crippen LogP contribution is 2.22. The molecule has 0 unspecified atom stereocenters. The van der Waals surface area contributed by atoms with Crippen molar-refractivity contribution in [3.05, 3.63) is 47.8 Å². The van der Waals surface area contributed by atoms with Gasteiger partial charge < -0.3 is 10.1 Å². The lowest BCUT2D eigenvalue weighted by molar-refractivity contribution is 0.0884. The van der Waals surface area contributed by atoms with E-state index in [4.69, 9.17) is 4.74 Å². The fourth-order valence-corrected chi connectivity index (χ4v) is 2.82. The van der Waals surface area contributed by atoms with Crippen molar-refractivity contribution in [2.24, 2.45) is 0 Å². The van der Waals surface area contributed by atoms with Crippen LogP contribution >= 0.6 is 0 Å². The number of pyridine rings is 1. The largest absolute Gasteiger partial charge is 0.460 e. The Hall–Kier alpha value is -2.57. The average molecular weight is 330 g/mol. The minimum atomic E-state index is -0.487. The van der Waals surface area contributed by atoms with E-state index in [1.54, 1.807) is 18.3 Å². The fourth-order valence-electron chi connectivity index (χ4n) is 2.82. The zero-order valence-corrected chi connectivity index (χ0v) is 13.4. The van der Waals surface area contributed by atoms with Gasteiger partial charge in [0.1, 0.15) is 6.10 Å². The van der Waals surface area contributed by atoms with Crippen LogP contribution in [0.25, 0.3) is 0 Å². The molecule has 1 aliphatic rings. The Morgan fingerprint density at radius 1 is 1.21 bits per heavy atom. The van der Waals surface area contributed by atoms with Gasteiger partial charge in [0, 0.05) is 17.9 Å². The molecule has 1 aliphatic carbocycles. The molecule has 2 heterocycles. The Morgan fingerprint density at radius 2 is 1.92 bits per heavy atom. The molecule has 1 N–H and O–H groups in total. The van der Waals surface area contributed by atoms with Crippen molar-refractivity contribution in [2.45, 2.75) is 44.8 Å². The second kappa shape index (κ2) is 7.33. The van der Waals surface area contributed by atoms with Crippen LogP contribution in [0.4, 0.5) is 4.39 Å². The van der Waals surface area contributed by atoms with E-state index in [1.165, 1.54) is 0 Å². The number of nitrogens with zero attached hydrogens (tertiary/aromatic N) is 3. The third kappa shape index (κ3) is 4.04. The minimum Gasteiger partial charge on any atom is -0.460 e. The first-order valence-electron chi connectivity index (χ1n) is 7.98. The Balaban J connectivity index is 1.49. The fraction of sp³-hybridized carbons (Fsp3) is 0.412. The summed E-state index contributed by atoms with van der Waals surface area (Å²) in [5, 5.41) is 3.05. The van der Waals surface area contributed by atoms with Crippen molar-refractivity contribution in [1.82, 2.24) is 20.3 Å². The van der Waals surface area contributed by atoms with Crippen LogP contribution in [-0.2, 0) is 0 Å². The van der Waals surface area contributed by atoms with Gasteiger partial charge in [-0.3, -0.25) is 9.78 Å². The third-order valence-corrected chi connectivity index (χ3v) is 4.13. The van der Waals surface area contributed by atoms with Crippen molar-refractivity contribution in [1.29, 1.82) is 0 Å². The molecule has 6 nitrogen and oxygen atoms in total. The van der Waals surface area contributed by atoms with Gasteiger partial charge in [-0.2, -0.15) is 0 Å². The number of aryl methyl sites for hydroxylation is 1. The molecule has 2 aromatic heterocycles. The predicted octanol–water partition coefficient (Wildman–Crippen LogP) is 2.44. The molecule has 0 aliphatic heterocycles. The maximum absolute atomic E-state index is 12.8. The number of rotatable bonds is 4. The summed E-state index contributed by atoms with van der Waals surface area (Å²) in [5.74, 6) is -0.577. The van der Waals surface area contributed by atoms with Crippen molar-refractivity contribution >= 4 is 5.91 Å². The average Bonchev–Trinajstić information content (AvgIpc) is 2.59. The first-order chi connectivity index (χ1) is 11.6. The zero-order valence-electron chi connectivity index (χ0n) is 13.4. The van der Waals surface area contributed by atoms with E-state index in [9.17, 15) is 9.18 Å². The first-order valence-corrected chi connectivity index (χ1v) is 7.98. The van der Waals surface area contributed by atoms with Gasteiger partial charge in [0.25, 0.3) is 5.91 Å². The molecule has 2 aromatic rings. The lowest BCUT2D eigenvalue weighted by atomic mass is 9.92. The van der Waals surface area contributed by atoms with Crippen LogP contribution in [0, 0.1) is 12.7 Å². The summed E-state index contributed by atoms with van der Waals surface area (Å²) in [7, 11) is 0. The van der Waals surface area contributed by atoms with E-state index >= 15 is 0 Å². The third-order valence-electron chi connectivity index (χ3n) is 4.13. The number of halogens is 1. The molecule has 0 saturated heterocycles. The molecule has 126 valence electrons. The summed E-state index contributed by atoms with van der Waals surface area (Å²) >= 11 is 0. The second-order valence-electron chi connectivity index (χ2n) is 5.89. The number of nitrogens with one attached hydrogen (secondary N) is 1. The second-order valence-corrected chi connectivity index (χ2v) is 5.89. The molecule has 24 heavy (non-hydrogen) atoms. The van der Waals surface area contributed by atoms with Crippen LogP contribution < -0.4 is 10.1 Å². The van der Waals surface area contributed by atoms with E-state index < -0.39 is 5.82 Å². The highest BCUT2D eigenvalue weighted by atomic mass is 19.1. The topological polar surface area (TPSA) is 77.0 Å². The van der Waals surface area contributed by atoms with Crippen LogP contribution in [0.1, 0.15) is 41.7 Å². The Labute approximate surface area is 139 Å². The van der Waals surface area contributed by atoms with E-state index in [2.05, 4.69) is 20.3 Å². The zero-order chi connectivity index (χ0) is 16.9. The van der Waals surface area contributed by atoms with Gasteiger partial charge in [0.05, 0.1) is 18.0 Å². The van der Waals surface area contributed by atoms with Gasteiger partial charge in [-0.1, -0.05) is 0 Å². The Kier molecular flexibility index (Phi) is 4.98. The van der Waals surface area contributed by atoms with E-state index in [-0.39, 0.29) is 24.1 Å². The quantitative estimate of drug-likeness (QED) is 0.932. The van der Waals surface area contributed by atoms with Crippen molar-refractivity contribution in [3.63, 3.8) is 0 Å². The van der Waals surface area contributed by atoms with Crippen molar-refractivity contribution in [2.75, 3.05) is 0 Å². The molecule has 1 fully saturated rings. The summed E-state index contributed by atoms with van der Waals surface area (Å²) in [5.41, 5.74) is 1.33. The minimum absolute atomic E-state index is 0.0104. The summed E-state index contributed by atoms with van der Waals surface area (Å²) in [6.07, 6.45) is 7.05. The van der Waals surface area contributed by atoms with Crippen LogP contribution in [0.2, 0.25) is 0 Å². The SMILES string of the molecule is Cc1ncccc1C(=O)NC1CCC(Oc2ncc(F)cn2)CC1. The predicted molar refractivity (Wildman–Crippen MR) is 85.1 cm³/mol. The molecule has 0 radical (unpaired) electrons. The highest BCUT2D eigenvalue weighted by Gasteiger charge is 2.25. The smallest absolute Gasteiger partial charge is 0.316 e. The molecule has 1 amide bonds. The van der Waals surface area contributed by atoms with Gasteiger partial charge in [-0.25, -0.2) is 14.4 Å². The molecule has 0 aromatic carbocycles. The molecule has 3 rings (SSSR count). The van der Waals surface area contributed by atoms with Crippen LogP contribution in [0.15, 0.2) is 30.7 Å². The van der Waals surface area contributed by atoms with Crippen LogP contribution in [-0.4, -0.2) is 33.0 Å². The van der Waals surface area contributed by atoms with Gasteiger partial charge in [0.2, 0.25) is 0 Å². The van der Waals surface area contributed by atoms with E-state index in [0.717, 1.165) is 43.8 Å². The van der Waals surface area contributed by atoms with E-state index in [0.29, 0.717) is 5.56 Å².